The molecule has 1 aliphatic rings. The van der Waals surface area contributed by atoms with E-state index in [4.69, 9.17) is 0 Å². The van der Waals surface area contributed by atoms with Crippen molar-refractivity contribution in [3.63, 3.8) is 0 Å². The number of halogens is 1. The fourth-order valence-corrected chi connectivity index (χ4v) is 3.33. The van der Waals surface area contributed by atoms with E-state index in [1.165, 1.54) is 6.42 Å². The van der Waals surface area contributed by atoms with E-state index in [1.807, 2.05) is 36.2 Å². The van der Waals surface area contributed by atoms with Gasteiger partial charge in [0.1, 0.15) is 0 Å². The third-order valence-corrected chi connectivity index (χ3v) is 4.60. The Morgan fingerprint density at radius 3 is 2.84 bits per heavy atom. The highest BCUT2D eigenvalue weighted by Gasteiger charge is 2.37. The van der Waals surface area contributed by atoms with Crippen LogP contribution in [0, 0.1) is 0 Å². The van der Waals surface area contributed by atoms with Gasteiger partial charge >= 0.3 is 0 Å². The largest absolute Gasteiger partial charge is 0.332 e. The molecule has 1 atom stereocenters. The number of piperidine rings is 1. The summed E-state index contributed by atoms with van der Waals surface area (Å²) in [6.07, 6.45) is 3.34. The van der Waals surface area contributed by atoms with Crippen molar-refractivity contribution in [3.05, 3.63) is 34.3 Å². The molecule has 0 spiro atoms. The van der Waals surface area contributed by atoms with Gasteiger partial charge < -0.3 is 10.2 Å². The van der Waals surface area contributed by atoms with Crippen LogP contribution in [0.4, 0.5) is 0 Å². The van der Waals surface area contributed by atoms with Gasteiger partial charge in [-0.3, -0.25) is 4.79 Å². The molecule has 3 nitrogen and oxygen atoms in total. The predicted octanol–water partition coefficient (Wildman–Crippen LogP) is 3.05. The Kier molecular flexibility index (Phi) is 4.63. The van der Waals surface area contributed by atoms with Crippen LogP contribution in [0.2, 0.25) is 0 Å². The number of benzene rings is 1. The van der Waals surface area contributed by atoms with Gasteiger partial charge in [-0.2, -0.15) is 0 Å². The normalized spacial score (nSPS) is 23.4. The van der Waals surface area contributed by atoms with Gasteiger partial charge in [-0.05, 0) is 61.3 Å². The molecule has 0 aliphatic carbocycles. The Labute approximate surface area is 123 Å². The van der Waals surface area contributed by atoms with E-state index in [9.17, 15) is 4.79 Å². The van der Waals surface area contributed by atoms with Gasteiger partial charge in [0.05, 0.1) is 11.1 Å². The molecular weight excluding hydrogens is 304 g/mol. The first-order valence-electron chi connectivity index (χ1n) is 6.79. The first-order valence-corrected chi connectivity index (χ1v) is 7.59. The van der Waals surface area contributed by atoms with Crippen LogP contribution in [0.3, 0.4) is 0 Å². The van der Waals surface area contributed by atoms with Crippen LogP contribution in [0.15, 0.2) is 28.7 Å². The smallest absolute Gasteiger partial charge is 0.255 e. The molecule has 1 fully saturated rings. The van der Waals surface area contributed by atoms with Crippen molar-refractivity contribution in [1.29, 1.82) is 0 Å². The van der Waals surface area contributed by atoms with Crippen molar-refractivity contribution in [2.75, 3.05) is 20.1 Å². The quantitative estimate of drug-likeness (QED) is 0.926. The highest BCUT2D eigenvalue weighted by atomic mass is 79.9. The van der Waals surface area contributed by atoms with Crippen LogP contribution >= 0.6 is 15.9 Å². The molecule has 1 aromatic carbocycles. The molecule has 104 valence electrons. The van der Waals surface area contributed by atoms with Crippen LogP contribution in [0.1, 0.15) is 36.5 Å². The maximum absolute atomic E-state index is 12.8. The number of hydrogen-bond donors (Lipinski definition) is 1. The zero-order chi connectivity index (χ0) is 13.9. The molecule has 1 aliphatic heterocycles. The molecule has 0 radical (unpaired) electrons. The van der Waals surface area contributed by atoms with Crippen molar-refractivity contribution in [3.8, 4) is 0 Å². The molecular formula is C15H21BrN2O. The number of amides is 1. The van der Waals surface area contributed by atoms with Crippen LogP contribution in [-0.4, -0.2) is 36.5 Å². The summed E-state index contributed by atoms with van der Waals surface area (Å²) in [5, 5.41) is 3.22. The monoisotopic (exact) mass is 324 g/mol. The van der Waals surface area contributed by atoms with Crippen LogP contribution in [0.25, 0.3) is 0 Å². The lowest BCUT2D eigenvalue weighted by atomic mass is 9.87. The number of nitrogens with one attached hydrogen (secondary N) is 1. The summed E-state index contributed by atoms with van der Waals surface area (Å²) in [6, 6.07) is 7.66. The Morgan fingerprint density at radius 1 is 1.42 bits per heavy atom. The maximum atomic E-state index is 12.8. The number of hydrogen-bond acceptors (Lipinski definition) is 2. The molecule has 1 heterocycles. The predicted molar refractivity (Wildman–Crippen MR) is 81.4 cm³/mol. The molecule has 1 saturated heterocycles. The van der Waals surface area contributed by atoms with Crippen molar-refractivity contribution in [1.82, 2.24) is 10.2 Å². The molecule has 0 aromatic heterocycles. The maximum Gasteiger partial charge on any atom is 0.255 e. The molecule has 2 rings (SSSR count). The van der Waals surface area contributed by atoms with E-state index in [0.29, 0.717) is 0 Å². The SMILES string of the molecule is CNCC1(C)CCCCN1C(=O)c1ccccc1Br. The summed E-state index contributed by atoms with van der Waals surface area (Å²) in [5.74, 6) is 0.130. The lowest BCUT2D eigenvalue weighted by Gasteiger charge is -2.45. The van der Waals surface area contributed by atoms with Crippen molar-refractivity contribution >= 4 is 21.8 Å². The third-order valence-electron chi connectivity index (χ3n) is 3.91. The first kappa shape index (κ1) is 14.5. The summed E-state index contributed by atoms with van der Waals surface area (Å²) in [5.41, 5.74) is 0.672. The minimum atomic E-state index is -0.0840. The van der Waals surface area contributed by atoms with Crippen molar-refractivity contribution in [2.24, 2.45) is 0 Å². The minimum absolute atomic E-state index is 0.0840. The summed E-state index contributed by atoms with van der Waals surface area (Å²) in [7, 11) is 1.95. The number of rotatable bonds is 3. The van der Waals surface area contributed by atoms with E-state index < -0.39 is 0 Å². The van der Waals surface area contributed by atoms with Gasteiger partial charge in [0.15, 0.2) is 0 Å². The summed E-state index contributed by atoms with van der Waals surface area (Å²) >= 11 is 3.48. The Balaban J connectivity index is 2.28. The molecule has 0 saturated carbocycles. The van der Waals surface area contributed by atoms with Gasteiger partial charge in [-0.15, -0.1) is 0 Å². The van der Waals surface area contributed by atoms with E-state index in [-0.39, 0.29) is 11.4 Å². The van der Waals surface area contributed by atoms with E-state index in [2.05, 4.69) is 28.2 Å². The average Bonchev–Trinajstić information content (AvgIpc) is 2.39. The van der Waals surface area contributed by atoms with Gasteiger partial charge in [-0.25, -0.2) is 0 Å². The first-order chi connectivity index (χ1) is 9.08. The summed E-state index contributed by atoms with van der Waals surface area (Å²) in [4.78, 5) is 14.8. The zero-order valence-electron chi connectivity index (χ0n) is 11.6. The Bertz CT molecular complexity index is 459. The summed E-state index contributed by atoms with van der Waals surface area (Å²) in [6.45, 7) is 3.86. The molecule has 0 bridgehead atoms. The molecule has 1 amide bonds. The Morgan fingerprint density at radius 2 is 2.16 bits per heavy atom. The van der Waals surface area contributed by atoms with E-state index in [0.717, 1.165) is 36.0 Å². The number of nitrogens with zero attached hydrogens (tertiary/aromatic N) is 1. The number of likely N-dealkylation sites (tertiary alicyclic amines) is 1. The van der Waals surface area contributed by atoms with Crippen molar-refractivity contribution in [2.45, 2.75) is 31.7 Å². The van der Waals surface area contributed by atoms with Gasteiger partial charge in [0, 0.05) is 17.6 Å². The fourth-order valence-electron chi connectivity index (χ4n) is 2.87. The Hall–Kier alpha value is -0.870. The van der Waals surface area contributed by atoms with E-state index in [1.54, 1.807) is 0 Å². The van der Waals surface area contributed by atoms with E-state index >= 15 is 0 Å². The molecule has 4 heteroatoms. The minimum Gasteiger partial charge on any atom is -0.332 e. The van der Waals surface area contributed by atoms with Crippen molar-refractivity contribution < 1.29 is 4.79 Å². The second-order valence-corrected chi connectivity index (χ2v) is 6.28. The van der Waals surface area contributed by atoms with Crippen LogP contribution in [-0.2, 0) is 0 Å². The lowest BCUT2D eigenvalue weighted by Crippen LogP contribution is -2.57. The number of carbonyl (C=O) groups is 1. The van der Waals surface area contributed by atoms with Gasteiger partial charge in [0.2, 0.25) is 0 Å². The average molecular weight is 325 g/mol. The highest BCUT2D eigenvalue weighted by Crippen LogP contribution is 2.30. The summed E-state index contributed by atoms with van der Waals surface area (Å²) < 4.78 is 0.873. The highest BCUT2D eigenvalue weighted by molar-refractivity contribution is 9.10. The second-order valence-electron chi connectivity index (χ2n) is 5.42. The standard InChI is InChI=1S/C15H21BrN2O/c1-15(11-17-2)9-5-6-10-18(15)14(19)12-7-3-4-8-13(12)16/h3-4,7-8,17H,5-6,9-11H2,1-2H3. The lowest BCUT2D eigenvalue weighted by molar-refractivity contribution is 0.0381. The molecule has 1 unspecified atom stereocenters. The van der Waals surface area contributed by atoms with Gasteiger partial charge in [0.25, 0.3) is 5.91 Å². The molecule has 19 heavy (non-hydrogen) atoms. The van der Waals surface area contributed by atoms with Gasteiger partial charge in [-0.1, -0.05) is 12.1 Å². The second kappa shape index (κ2) is 6.06. The number of carbonyl (C=O) groups excluding carboxylic acids is 1. The fraction of sp³-hybridized carbons (Fsp3) is 0.533. The number of likely N-dealkylation sites (N-methyl/N-ethyl adjacent to an activating group) is 1. The molecule has 1 aromatic rings. The topological polar surface area (TPSA) is 32.3 Å². The van der Waals surface area contributed by atoms with Crippen LogP contribution < -0.4 is 5.32 Å². The molecule has 1 N–H and O–H groups in total. The zero-order valence-corrected chi connectivity index (χ0v) is 13.2. The third kappa shape index (κ3) is 3.00. The van der Waals surface area contributed by atoms with Crippen LogP contribution in [0.5, 0.6) is 0 Å².